The molecule has 0 aliphatic heterocycles. The highest BCUT2D eigenvalue weighted by atomic mass is 79.9. The van der Waals surface area contributed by atoms with Gasteiger partial charge >= 0.3 is 0 Å². The Morgan fingerprint density at radius 3 is 2.83 bits per heavy atom. The SMILES string of the molecule is Cc1ccc(NC(=O)Cn2nnc(-c3ccccc3F)n2)cc1Br. The van der Waals surface area contributed by atoms with E-state index >= 15 is 0 Å². The molecule has 0 unspecified atom stereocenters. The van der Waals surface area contributed by atoms with E-state index in [0.29, 0.717) is 5.69 Å². The molecule has 0 atom stereocenters. The van der Waals surface area contributed by atoms with Gasteiger partial charge in [-0.3, -0.25) is 4.79 Å². The van der Waals surface area contributed by atoms with E-state index in [-0.39, 0.29) is 23.8 Å². The molecule has 0 saturated heterocycles. The third-order valence-electron chi connectivity index (χ3n) is 3.31. The summed E-state index contributed by atoms with van der Waals surface area (Å²) in [4.78, 5) is 13.2. The van der Waals surface area contributed by atoms with Crippen molar-refractivity contribution in [3.63, 3.8) is 0 Å². The maximum absolute atomic E-state index is 13.7. The van der Waals surface area contributed by atoms with E-state index in [4.69, 9.17) is 0 Å². The Kier molecular flexibility index (Phi) is 4.66. The minimum atomic E-state index is -0.439. The molecule has 8 heteroatoms. The molecule has 3 aromatic rings. The Morgan fingerprint density at radius 2 is 2.08 bits per heavy atom. The zero-order valence-corrected chi connectivity index (χ0v) is 14.3. The van der Waals surface area contributed by atoms with Crippen molar-refractivity contribution in [1.29, 1.82) is 0 Å². The number of tetrazole rings is 1. The van der Waals surface area contributed by atoms with Gasteiger partial charge in [-0.1, -0.05) is 34.1 Å². The third kappa shape index (κ3) is 3.65. The maximum Gasteiger partial charge on any atom is 0.248 e. The molecular weight excluding hydrogens is 377 g/mol. The number of halogens is 2. The molecule has 0 saturated carbocycles. The first-order valence-corrected chi connectivity index (χ1v) is 7.91. The number of aryl methyl sites for hydroxylation is 1. The van der Waals surface area contributed by atoms with Crippen LogP contribution in [0.3, 0.4) is 0 Å². The summed E-state index contributed by atoms with van der Waals surface area (Å²) in [5, 5.41) is 14.4. The van der Waals surface area contributed by atoms with E-state index < -0.39 is 5.82 Å². The van der Waals surface area contributed by atoms with Gasteiger partial charge in [-0.2, -0.15) is 4.80 Å². The summed E-state index contributed by atoms with van der Waals surface area (Å²) in [5.74, 6) is -0.603. The lowest BCUT2D eigenvalue weighted by Gasteiger charge is -2.06. The van der Waals surface area contributed by atoms with Crippen LogP contribution in [0.2, 0.25) is 0 Å². The van der Waals surface area contributed by atoms with Crippen LogP contribution in [-0.2, 0) is 11.3 Å². The van der Waals surface area contributed by atoms with Crippen LogP contribution in [-0.4, -0.2) is 26.1 Å². The third-order valence-corrected chi connectivity index (χ3v) is 4.16. The first-order chi connectivity index (χ1) is 11.5. The highest BCUT2D eigenvalue weighted by Gasteiger charge is 2.12. The van der Waals surface area contributed by atoms with Crippen LogP contribution < -0.4 is 5.32 Å². The van der Waals surface area contributed by atoms with Crippen LogP contribution >= 0.6 is 15.9 Å². The maximum atomic E-state index is 13.7. The lowest BCUT2D eigenvalue weighted by atomic mass is 10.2. The number of anilines is 1. The predicted molar refractivity (Wildman–Crippen MR) is 90.7 cm³/mol. The molecule has 0 aliphatic rings. The Bertz CT molecular complexity index is 896. The van der Waals surface area contributed by atoms with Gasteiger partial charge in [0, 0.05) is 10.2 Å². The number of carbonyl (C=O) groups excluding carboxylic acids is 1. The zero-order valence-electron chi connectivity index (χ0n) is 12.7. The van der Waals surface area contributed by atoms with Gasteiger partial charge in [0.1, 0.15) is 12.4 Å². The lowest BCUT2D eigenvalue weighted by molar-refractivity contribution is -0.117. The molecule has 1 aromatic heterocycles. The van der Waals surface area contributed by atoms with Crippen LogP contribution in [0.25, 0.3) is 11.4 Å². The number of aromatic nitrogens is 4. The molecule has 0 spiro atoms. The number of rotatable bonds is 4. The first-order valence-electron chi connectivity index (χ1n) is 7.11. The van der Waals surface area contributed by atoms with Gasteiger partial charge in [0.25, 0.3) is 0 Å². The molecule has 2 aromatic carbocycles. The zero-order chi connectivity index (χ0) is 17.1. The molecule has 1 heterocycles. The Morgan fingerprint density at radius 1 is 1.29 bits per heavy atom. The van der Waals surface area contributed by atoms with Crippen molar-refractivity contribution in [2.24, 2.45) is 0 Å². The van der Waals surface area contributed by atoms with Crippen molar-refractivity contribution >= 4 is 27.5 Å². The summed E-state index contributed by atoms with van der Waals surface area (Å²) in [6.45, 7) is 1.84. The summed E-state index contributed by atoms with van der Waals surface area (Å²) in [6, 6.07) is 11.6. The van der Waals surface area contributed by atoms with Crippen LogP contribution in [0.15, 0.2) is 46.9 Å². The van der Waals surface area contributed by atoms with Gasteiger partial charge in [-0.25, -0.2) is 4.39 Å². The van der Waals surface area contributed by atoms with E-state index in [1.807, 2.05) is 19.1 Å². The smallest absolute Gasteiger partial charge is 0.248 e. The Balaban J connectivity index is 1.69. The van der Waals surface area contributed by atoms with E-state index in [1.54, 1.807) is 24.3 Å². The molecule has 1 amide bonds. The fraction of sp³-hybridized carbons (Fsp3) is 0.125. The number of hydrogen-bond donors (Lipinski definition) is 1. The highest BCUT2D eigenvalue weighted by Crippen LogP contribution is 2.20. The van der Waals surface area contributed by atoms with Crippen molar-refractivity contribution in [3.8, 4) is 11.4 Å². The normalized spacial score (nSPS) is 10.6. The fourth-order valence-corrected chi connectivity index (χ4v) is 2.44. The molecule has 0 aliphatic carbocycles. The molecule has 122 valence electrons. The molecule has 0 radical (unpaired) electrons. The second-order valence-corrected chi connectivity index (χ2v) is 5.99. The van der Waals surface area contributed by atoms with Crippen molar-refractivity contribution in [3.05, 3.63) is 58.3 Å². The molecule has 6 nitrogen and oxygen atoms in total. The molecule has 3 rings (SSSR count). The second-order valence-electron chi connectivity index (χ2n) is 5.14. The topological polar surface area (TPSA) is 72.7 Å². The molecular formula is C16H13BrFN5O. The van der Waals surface area contributed by atoms with Gasteiger partial charge in [0.05, 0.1) is 5.56 Å². The summed E-state index contributed by atoms with van der Waals surface area (Å²) < 4.78 is 14.6. The first kappa shape index (κ1) is 16.3. The van der Waals surface area contributed by atoms with Gasteiger partial charge in [-0.15, -0.1) is 10.2 Å². The molecule has 0 fully saturated rings. The largest absolute Gasteiger partial charge is 0.324 e. The van der Waals surface area contributed by atoms with Crippen LogP contribution in [0.5, 0.6) is 0 Å². The lowest BCUT2D eigenvalue weighted by Crippen LogP contribution is -2.20. The van der Waals surface area contributed by atoms with Gasteiger partial charge < -0.3 is 5.32 Å². The molecule has 1 N–H and O–H groups in total. The average molecular weight is 390 g/mol. The summed E-state index contributed by atoms with van der Waals surface area (Å²) in [5.41, 5.74) is 1.97. The summed E-state index contributed by atoms with van der Waals surface area (Å²) in [6.07, 6.45) is 0. The Hall–Kier alpha value is -2.61. The highest BCUT2D eigenvalue weighted by molar-refractivity contribution is 9.10. The van der Waals surface area contributed by atoms with Crippen molar-refractivity contribution in [1.82, 2.24) is 20.2 Å². The number of benzene rings is 2. The van der Waals surface area contributed by atoms with E-state index in [1.165, 1.54) is 6.07 Å². The standard InChI is InChI=1S/C16H13BrFN5O/c1-10-6-7-11(8-13(10)17)19-15(24)9-23-21-16(20-22-23)12-4-2-3-5-14(12)18/h2-8H,9H2,1H3,(H,19,24). The molecule has 0 bridgehead atoms. The van der Waals surface area contributed by atoms with Crippen LogP contribution in [0.4, 0.5) is 10.1 Å². The number of hydrogen-bond acceptors (Lipinski definition) is 4. The van der Waals surface area contributed by atoms with Gasteiger partial charge in [0.2, 0.25) is 11.7 Å². The quantitative estimate of drug-likeness (QED) is 0.743. The number of carbonyl (C=O) groups is 1. The van der Waals surface area contributed by atoms with Crippen molar-refractivity contribution < 1.29 is 9.18 Å². The van der Waals surface area contributed by atoms with Crippen LogP contribution in [0.1, 0.15) is 5.56 Å². The minimum absolute atomic E-state index is 0.118. The summed E-state index contributed by atoms with van der Waals surface area (Å²) in [7, 11) is 0. The molecule has 24 heavy (non-hydrogen) atoms. The van der Waals surface area contributed by atoms with Gasteiger partial charge in [-0.05, 0) is 42.0 Å². The average Bonchev–Trinajstić information content (AvgIpc) is 2.99. The Labute approximate surface area is 145 Å². The second kappa shape index (κ2) is 6.88. The van der Waals surface area contributed by atoms with E-state index in [0.717, 1.165) is 14.8 Å². The number of nitrogens with zero attached hydrogens (tertiary/aromatic N) is 4. The van der Waals surface area contributed by atoms with Gasteiger partial charge in [0.15, 0.2) is 0 Å². The van der Waals surface area contributed by atoms with E-state index in [2.05, 4.69) is 36.7 Å². The number of nitrogens with one attached hydrogen (secondary N) is 1. The van der Waals surface area contributed by atoms with Crippen molar-refractivity contribution in [2.75, 3.05) is 5.32 Å². The number of amides is 1. The fourth-order valence-electron chi connectivity index (χ4n) is 2.06. The monoisotopic (exact) mass is 389 g/mol. The van der Waals surface area contributed by atoms with Crippen LogP contribution in [0, 0.1) is 12.7 Å². The van der Waals surface area contributed by atoms with E-state index in [9.17, 15) is 9.18 Å². The predicted octanol–water partition coefficient (Wildman–Crippen LogP) is 3.19. The van der Waals surface area contributed by atoms with Crippen molar-refractivity contribution in [2.45, 2.75) is 13.5 Å². The minimum Gasteiger partial charge on any atom is -0.324 e. The summed E-state index contributed by atoms with van der Waals surface area (Å²) >= 11 is 3.41.